The van der Waals surface area contributed by atoms with Gasteiger partial charge in [-0.05, 0) is 74.5 Å². The van der Waals surface area contributed by atoms with E-state index in [4.69, 9.17) is 19.2 Å². The molecule has 0 aromatic heterocycles. The minimum Gasteiger partial charge on any atom is -0.493 e. The summed E-state index contributed by atoms with van der Waals surface area (Å²) in [5.41, 5.74) is 2.03. The molecule has 2 aromatic rings. The normalized spacial score (nSPS) is 18.4. The maximum atomic E-state index is 13.1. The topological polar surface area (TPSA) is 80.7 Å². The Morgan fingerprint density at radius 2 is 1.94 bits per heavy atom. The summed E-state index contributed by atoms with van der Waals surface area (Å²) in [6, 6.07) is 12.8. The number of morpholine rings is 1. The fourth-order valence-corrected chi connectivity index (χ4v) is 4.98. The molecule has 0 unspecified atom stereocenters. The van der Waals surface area contributed by atoms with E-state index in [9.17, 15) is 9.59 Å². The van der Waals surface area contributed by atoms with Crippen LogP contribution in [-0.4, -0.2) is 72.8 Å². The van der Waals surface area contributed by atoms with Crippen molar-refractivity contribution in [3.05, 3.63) is 58.5 Å². The highest BCUT2D eigenvalue weighted by Gasteiger charge is 2.32. The number of carbonyl (C=O) groups excluding carboxylic acids is 2. The first-order valence-electron chi connectivity index (χ1n) is 12.0. The zero-order chi connectivity index (χ0) is 25.7. The smallest absolute Gasteiger partial charge is 0.266 e. The number of benzene rings is 2. The van der Waals surface area contributed by atoms with Crippen LogP contribution >= 0.6 is 11.8 Å². The highest BCUT2D eigenvalue weighted by atomic mass is 32.2. The fourth-order valence-electron chi connectivity index (χ4n) is 3.91. The lowest BCUT2D eigenvalue weighted by Gasteiger charge is -2.26. The molecule has 0 aliphatic carbocycles. The SMILES string of the molecule is CCN1C(=O)/C(=C\c2ccc(OC(C)C)c(OC)c2)SC1=Nc1cccc(C(=O)N2CCOCC2)c1. The molecule has 2 saturated heterocycles. The number of thioether (sulfide) groups is 1. The lowest BCUT2D eigenvalue weighted by Crippen LogP contribution is -2.40. The summed E-state index contributed by atoms with van der Waals surface area (Å²) in [5.74, 6) is 1.12. The van der Waals surface area contributed by atoms with Crippen molar-refractivity contribution in [1.29, 1.82) is 0 Å². The highest BCUT2D eigenvalue weighted by molar-refractivity contribution is 8.18. The largest absolute Gasteiger partial charge is 0.493 e. The number of hydrogen-bond acceptors (Lipinski definition) is 7. The van der Waals surface area contributed by atoms with Gasteiger partial charge < -0.3 is 19.1 Å². The van der Waals surface area contributed by atoms with E-state index in [1.807, 2.05) is 57.2 Å². The van der Waals surface area contributed by atoms with E-state index in [0.717, 1.165) is 5.56 Å². The Balaban J connectivity index is 1.57. The van der Waals surface area contributed by atoms with Crippen LogP contribution in [0, 0.1) is 0 Å². The number of hydrogen-bond donors (Lipinski definition) is 0. The lowest BCUT2D eigenvalue weighted by molar-refractivity contribution is -0.122. The van der Waals surface area contributed by atoms with Gasteiger partial charge in [0.25, 0.3) is 11.8 Å². The molecule has 2 aromatic carbocycles. The average molecular weight is 510 g/mol. The van der Waals surface area contributed by atoms with Gasteiger partial charge in [-0.2, -0.15) is 0 Å². The monoisotopic (exact) mass is 509 g/mol. The molecule has 2 amide bonds. The first-order valence-corrected chi connectivity index (χ1v) is 12.8. The van der Waals surface area contributed by atoms with Crippen molar-refractivity contribution in [2.75, 3.05) is 40.0 Å². The van der Waals surface area contributed by atoms with Gasteiger partial charge in [0.05, 0.1) is 37.0 Å². The van der Waals surface area contributed by atoms with Gasteiger partial charge in [0.1, 0.15) is 0 Å². The minimum atomic E-state index is -0.108. The fraction of sp³-hybridized carbons (Fsp3) is 0.370. The van der Waals surface area contributed by atoms with E-state index in [2.05, 4.69) is 0 Å². The molecule has 2 heterocycles. The molecular weight excluding hydrogens is 478 g/mol. The molecule has 0 radical (unpaired) electrons. The van der Waals surface area contributed by atoms with Gasteiger partial charge in [0, 0.05) is 25.2 Å². The van der Waals surface area contributed by atoms with Gasteiger partial charge >= 0.3 is 0 Å². The molecule has 2 fully saturated rings. The van der Waals surface area contributed by atoms with Crippen molar-refractivity contribution in [2.24, 2.45) is 4.99 Å². The summed E-state index contributed by atoms with van der Waals surface area (Å²) >= 11 is 1.32. The number of rotatable bonds is 7. The van der Waals surface area contributed by atoms with Crippen molar-refractivity contribution >= 4 is 40.5 Å². The molecule has 0 bridgehead atoms. The Morgan fingerprint density at radius 1 is 1.17 bits per heavy atom. The molecule has 8 nitrogen and oxygen atoms in total. The molecule has 4 rings (SSSR count). The molecule has 2 aliphatic rings. The Hall–Kier alpha value is -3.30. The van der Waals surface area contributed by atoms with Crippen LogP contribution in [0.5, 0.6) is 11.5 Å². The Morgan fingerprint density at radius 3 is 2.64 bits per heavy atom. The first-order chi connectivity index (χ1) is 17.4. The van der Waals surface area contributed by atoms with Crippen LogP contribution < -0.4 is 9.47 Å². The van der Waals surface area contributed by atoms with Gasteiger partial charge in [-0.25, -0.2) is 4.99 Å². The summed E-state index contributed by atoms with van der Waals surface area (Å²) in [7, 11) is 1.59. The third-order valence-corrected chi connectivity index (χ3v) is 6.68. The van der Waals surface area contributed by atoms with E-state index in [1.165, 1.54) is 11.8 Å². The van der Waals surface area contributed by atoms with Crippen molar-refractivity contribution in [1.82, 2.24) is 9.80 Å². The van der Waals surface area contributed by atoms with E-state index in [0.29, 0.717) is 65.7 Å². The predicted molar refractivity (Wildman–Crippen MR) is 142 cm³/mol. The van der Waals surface area contributed by atoms with Crippen LogP contribution in [0.25, 0.3) is 6.08 Å². The van der Waals surface area contributed by atoms with Gasteiger partial charge in [0.15, 0.2) is 16.7 Å². The van der Waals surface area contributed by atoms with Crippen LogP contribution in [0.2, 0.25) is 0 Å². The summed E-state index contributed by atoms with van der Waals surface area (Å²) in [6.07, 6.45) is 1.85. The van der Waals surface area contributed by atoms with E-state index in [1.54, 1.807) is 29.0 Å². The Bertz CT molecular complexity index is 1190. The molecule has 2 aliphatic heterocycles. The summed E-state index contributed by atoms with van der Waals surface area (Å²) in [6.45, 7) is 8.56. The maximum Gasteiger partial charge on any atom is 0.266 e. The lowest BCUT2D eigenvalue weighted by atomic mass is 10.1. The summed E-state index contributed by atoms with van der Waals surface area (Å²) < 4.78 is 16.6. The molecule has 0 atom stereocenters. The predicted octanol–water partition coefficient (Wildman–Crippen LogP) is 4.58. The number of likely N-dealkylation sites (N-methyl/N-ethyl adjacent to an activating group) is 1. The van der Waals surface area contributed by atoms with E-state index >= 15 is 0 Å². The number of amidine groups is 1. The van der Waals surface area contributed by atoms with E-state index in [-0.39, 0.29) is 17.9 Å². The second-order valence-electron chi connectivity index (χ2n) is 8.59. The Kier molecular flexibility index (Phi) is 8.32. The molecular formula is C27H31N3O5S. The molecule has 9 heteroatoms. The number of methoxy groups -OCH3 is 1. The first kappa shape index (κ1) is 25.8. The Labute approximate surface area is 215 Å². The molecule has 36 heavy (non-hydrogen) atoms. The van der Waals surface area contributed by atoms with Gasteiger partial charge in [-0.3, -0.25) is 14.5 Å². The van der Waals surface area contributed by atoms with Crippen LogP contribution in [0.4, 0.5) is 5.69 Å². The number of amides is 2. The standard InChI is InChI=1S/C27H31N3O5S/c1-5-30-26(32)24(16-19-9-10-22(35-18(2)3)23(15-19)33-4)36-27(30)28-21-8-6-7-20(17-21)25(31)29-11-13-34-14-12-29/h6-10,15-18H,5,11-14H2,1-4H3/b24-16+,28-27?. The van der Waals surface area contributed by atoms with Gasteiger partial charge in [0.2, 0.25) is 0 Å². The minimum absolute atomic E-state index is 0.0228. The third kappa shape index (κ3) is 5.91. The second kappa shape index (κ2) is 11.6. The van der Waals surface area contributed by atoms with Crippen LogP contribution in [0.1, 0.15) is 36.7 Å². The second-order valence-corrected chi connectivity index (χ2v) is 9.60. The van der Waals surface area contributed by atoms with Crippen molar-refractivity contribution in [3.63, 3.8) is 0 Å². The van der Waals surface area contributed by atoms with Crippen molar-refractivity contribution in [2.45, 2.75) is 26.9 Å². The van der Waals surface area contributed by atoms with Gasteiger partial charge in [-0.1, -0.05) is 12.1 Å². The zero-order valence-electron chi connectivity index (χ0n) is 21.0. The number of nitrogens with zero attached hydrogens (tertiary/aromatic N) is 3. The van der Waals surface area contributed by atoms with E-state index < -0.39 is 0 Å². The zero-order valence-corrected chi connectivity index (χ0v) is 21.8. The van der Waals surface area contributed by atoms with Crippen LogP contribution in [0.3, 0.4) is 0 Å². The molecule has 0 N–H and O–H groups in total. The van der Waals surface area contributed by atoms with Crippen molar-refractivity contribution in [3.8, 4) is 11.5 Å². The number of aliphatic imine (C=N–C) groups is 1. The highest BCUT2D eigenvalue weighted by Crippen LogP contribution is 2.36. The maximum absolute atomic E-state index is 13.1. The molecule has 0 spiro atoms. The number of ether oxygens (including phenoxy) is 3. The summed E-state index contributed by atoms with van der Waals surface area (Å²) in [4.78, 5) is 34.7. The van der Waals surface area contributed by atoms with Crippen LogP contribution in [0.15, 0.2) is 52.4 Å². The molecule has 190 valence electrons. The quantitative estimate of drug-likeness (QED) is 0.509. The molecule has 0 saturated carbocycles. The van der Waals surface area contributed by atoms with Gasteiger partial charge in [-0.15, -0.1) is 0 Å². The van der Waals surface area contributed by atoms with Crippen molar-refractivity contribution < 1.29 is 23.8 Å². The third-order valence-electron chi connectivity index (χ3n) is 5.67. The average Bonchev–Trinajstić information content (AvgIpc) is 3.18. The summed E-state index contributed by atoms with van der Waals surface area (Å²) in [5, 5.41) is 0.580. The number of carbonyl (C=O) groups is 2. The van der Waals surface area contributed by atoms with Crippen LogP contribution in [-0.2, 0) is 9.53 Å².